The molecule has 15 heavy (non-hydrogen) atoms. The second-order valence-electron chi connectivity index (χ2n) is 2.57. The Morgan fingerprint density at radius 1 is 0.733 bits per heavy atom. The van der Waals surface area contributed by atoms with E-state index in [0.29, 0.717) is 0 Å². The minimum atomic E-state index is -2.65. The molecule has 0 aromatic rings. The van der Waals surface area contributed by atoms with E-state index in [1.165, 1.54) is 28.0 Å². The monoisotopic (exact) mass is 262 g/mol. The molecule has 0 aromatic heterocycles. The van der Waals surface area contributed by atoms with Gasteiger partial charge in [0.1, 0.15) is 0 Å². The van der Waals surface area contributed by atoms with Gasteiger partial charge in [-0.05, 0) is 0 Å². The summed E-state index contributed by atoms with van der Waals surface area (Å²) in [5.74, 6) is 0. The highest BCUT2D eigenvalue weighted by Gasteiger charge is 2.08. The van der Waals surface area contributed by atoms with E-state index in [4.69, 9.17) is 0 Å². The summed E-state index contributed by atoms with van der Waals surface area (Å²) in [6.45, 7) is 8.56. The minimum absolute atomic E-state index is 1.35. The molecule has 0 aliphatic heterocycles. The van der Waals surface area contributed by atoms with Crippen molar-refractivity contribution in [3.63, 3.8) is 0 Å². The molecule has 0 aliphatic rings. The second kappa shape index (κ2) is 10.8. The Bertz CT molecular complexity index is 203. The molecule has 0 atom stereocenters. The van der Waals surface area contributed by atoms with Gasteiger partial charge in [-0.1, -0.05) is 13.8 Å². The third-order valence-corrected chi connectivity index (χ3v) is 3.31. The molecule has 0 heterocycles. The first-order valence-electron chi connectivity index (χ1n) is 4.48. The molecular weight excluding hydrogens is 238 g/mol. The first-order chi connectivity index (χ1) is 6.68. The molecule has 0 fully saturated rings. The molecule has 0 bridgehead atoms. The van der Waals surface area contributed by atoms with Crippen LogP contribution in [0.1, 0.15) is 13.8 Å². The molecule has 0 unspecified atom stereocenters. The summed E-state index contributed by atoms with van der Waals surface area (Å²) >= 11 is 0. The van der Waals surface area contributed by atoms with Crippen molar-refractivity contribution in [2.75, 3.05) is 41.3 Å². The van der Waals surface area contributed by atoms with Crippen LogP contribution in [0.25, 0.3) is 0 Å². The summed E-state index contributed by atoms with van der Waals surface area (Å²) in [6.07, 6.45) is 0. The lowest BCUT2D eigenvalue weighted by Crippen LogP contribution is -1.82. The zero-order valence-electron chi connectivity index (χ0n) is 10.9. The van der Waals surface area contributed by atoms with Crippen LogP contribution in [0.3, 0.4) is 0 Å². The zero-order chi connectivity index (χ0) is 13.1. The predicted molar refractivity (Wildman–Crippen MR) is 65.4 cm³/mol. The highest BCUT2D eigenvalue weighted by Crippen LogP contribution is 2.40. The molecule has 0 saturated heterocycles. The average Bonchev–Trinajstić information content (AvgIpc) is 2.21. The van der Waals surface area contributed by atoms with Crippen LogP contribution in [0.2, 0.25) is 0 Å². The van der Waals surface area contributed by atoms with Crippen molar-refractivity contribution < 1.29 is 22.7 Å². The van der Waals surface area contributed by atoms with Crippen LogP contribution in [-0.4, -0.2) is 41.3 Å². The summed E-state index contributed by atoms with van der Waals surface area (Å²) in [6, 6.07) is 0. The fourth-order valence-electron chi connectivity index (χ4n) is 0.0745. The summed E-state index contributed by atoms with van der Waals surface area (Å²) in [5, 5.41) is 0. The van der Waals surface area contributed by atoms with Crippen LogP contribution in [0.4, 0.5) is 0 Å². The van der Waals surface area contributed by atoms with Crippen molar-refractivity contribution in [3.05, 3.63) is 0 Å². The van der Waals surface area contributed by atoms with Crippen molar-refractivity contribution >= 4 is 15.0 Å². The van der Waals surface area contributed by atoms with Crippen LogP contribution in [-0.2, 0) is 22.7 Å². The van der Waals surface area contributed by atoms with Gasteiger partial charge < -0.3 is 13.6 Å². The Kier molecular flexibility index (Phi) is 15.0. The maximum absolute atomic E-state index is 10.5. The molecule has 5 nitrogen and oxygen atoms in total. The SMILES string of the molecule is CC.COP(C)(=O)OC.COP(C)(C)=O. The predicted octanol–water partition coefficient (Wildman–Crippen LogP) is 3.30. The third kappa shape index (κ3) is 25.0. The Morgan fingerprint density at radius 3 is 0.933 bits per heavy atom. The van der Waals surface area contributed by atoms with E-state index in [1.807, 2.05) is 13.8 Å². The first kappa shape index (κ1) is 20.7. The molecule has 0 spiro atoms. The molecule has 0 aliphatic carbocycles. The van der Waals surface area contributed by atoms with Gasteiger partial charge in [0.2, 0.25) is 0 Å². The number of rotatable bonds is 3. The fourth-order valence-corrected chi connectivity index (χ4v) is 0.224. The third-order valence-electron chi connectivity index (χ3n) is 1.10. The molecule has 0 saturated carbocycles. The maximum Gasteiger partial charge on any atom is 0.327 e. The van der Waals surface area contributed by atoms with E-state index in [-0.39, 0.29) is 0 Å². The lowest BCUT2D eigenvalue weighted by Gasteiger charge is -2.04. The van der Waals surface area contributed by atoms with Crippen LogP contribution in [0.15, 0.2) is 0 Å². The van der Waals surface area contributed by atoms with E-state index < -0.39 is 15.0 Å². The molecule has 0 aromatic carbocycles. The van der Waals surface area contributed by atoms with Crippen LogP contribution in [0, 0.1) is 0 Å². The Morgan fingerprint density at radius 2 is 0.933 bits per heavy atom. The maximum atomic E-state index is 10.5. The quantitative estimate of drug-likeness (QED) is 0.730. The summed E-state index contributed by atoms with van der Waals surface area (Å²) in [5.41, 5.74) is 0. The van der Waals surface area contributed by atoms with Gasteiger partial charge >= 0.3 is 7.60 Å². The average molecular weight is 262 g/mol. The molecular formula is C8H24O5P2. The fraction of sp³-hybridized carbons (Fsp3) is 1.00. The van der Waals surface area contributed by atoms with Crippen molar-refractivity contribution in [2.45, 2.75) is 13.8 Å². The molecule has 96 valence electrons. The van der Waals surface area contributed by atoms with Crippen LogP contribution >= 0.6 is 15.0 Å². The van der Waals surface area contributed by atoms with Gasteiger partial charge in [-0.2, -0.15) is 0 Å². The highest BCUT2D eigenvalue weighted by molar-refractivity contribution is 7.57. The van der Waals surface area contributed by atoms with Gasteiger partial charge in [0.15, 0.2) is 7.37 Å². The molecule has 7 heteroatoms. The zero-order valence-corrected chi connectivity index (χ0v) is 12.7. The van der Waals surface area contributed by atoms with E-state index in [9.17, 15) is 9.13 Å². The molecule has 0 amide bonds. The van der Waals surface area contributed by atoms with Gasteiger partial charge in [-0.15, -0.1) is 0 Å². The topological polar surface area (TPSA) is 61.8 Å². The van der Waals surface area contributed by atoms with Gasteiger partial charge in [-0.3, -0.25) is 9.13 Å². The van der Waals surface area contributed by atoms with Crippen LogP contribution in [0.5, 0.6) is 0 Å². The molecule has 0 radical (unpaired) electrons. The molecule has 0 rings (SSSR count). The minimum Gasteiger partial charge on any atom is -0.332 e. The Hall–Kier alpha value is 0.340. The van der Waals surface area contributed by atoms with E-state index >= 15 is 0 Å². The number of hydrogen-bond acceptors (Lipinski definition) is 5. The van der Waals surface area contributed by atoms with Crippen molar-refractivity contribution in [3.8, 4) is 0 Å². The summed E-state index contributed by atoms with van der Waals surface area (Å²) < 4.78 is 34.2. The van der Waals surface area contributed by atoms with Gasteiger partial charge in [-0.25, -0.2) is 0 Å². The first-order valence-corrected chi connectivity index (χ1v) is 8.99. The highest BCUT2D eigenvalue weighted by atomic mass is 31.2. The van der Waals surface area contributed by atoms with E-state index in [2.05, 4.69) is 13.6 Å². The standard InChI is InChI=1S/C3H9O3P.C3H9O2P.C2H6/c1-5-7(3,4)6-2;1-5-6(2,3)4;1-2/h1-3H3;1-3H3;1-2H3. The lowest BCUT2D eigenvalue weighted by atomic mass is 11.0. The van der Waals surface area contributed by atoms with E-state index in [0.717, 1.165) is 0 Å². The van der Waals surface area contributed by atoms with Crippen molar-refractivity contribution in [1.29, 1.82) is 0 Å². The second-order valence-corrected chi connectivity index (χ2v) is 7.71. The van der Waals surface area contributed by atoms with Gasteiger partial charge in [0.25, 0.3) is 0 Å². The van der Waals surface area contributed by atoms with Crippen molar-refractivity contribution in [1.82, 2.24) is 0 Å². The van der Waals surface area contributed by atoms with Crippen molar-refractivity contribution in [2.24, 2.45) is 0 Å². The largest absolute Gasteiger partial charge is 0.332 e. The van der Waals surface area contributed by atoms with Gasteiger partial charge in [0, 0.05) is 41.3 Å². The molecule has 0 N–H and O–H groups in total. The smallest absolute Gasteiger partial charge is 0.327 e. The Balaban J connectivity index is -0.000000166. The summed E-state index contributed by atoms with van der Waals surface area (Å²) in [7, 11) is -0.653. The van der Waals surface area contributed by atoms with E-state index in [1.54, 1.807) is 13.3 Å². The van der Waals surface area contributed by atoms with Crippen LogP contribution < -0.4 is 0 Å². The number of hydrogen-bond donors (Lipinski definition) is 0. The Labute approximate surface area is 93.5 Å². The van der Waals surface area contributed by atoms with Gasteiger partial charge in [0.05, 0.1) is 0 Å². The lowest BCUT2D eigenvalue weighted by molar-refractivity contribution is 0.282. The summed E-state index contributed by atoms with van der Waals surface area (Å²) in [4.78, 5) is 0. The normalized spacial score (nSPS) is 10.7.